The van der Waals surface area contributed by atoms with E-state index in [2.05, 4.69) is 34.6 Å². The molecule has 1 aliphatic carbocycles. The van der Waals surface area contributed by atoms with Crippen LogP contribution in [0.25, 0.3) is 0 Å². The fraction of sp³-hybridized carbons (Fsp3) is 0.292. The van der Waals surface area contributed by atoms with Crippen molar-refractivity contribution in [3.05, 3.63) is 93.6 Å². The molecule has 2 aromatic carbocycles. The van der Waals surface area contributed by atoms with Gasteiger partial charge in [0.1, 0.15) is 0 Å². The molecule has 0 amide bonds. The van der Waals surface area contributed by atoms with Crippen LogP contribution in [0.4, 0.5) is 0 Å². The van der Waals surface area contributed by atoms with E-state index in [1.165, 1.54) is 22.3 Å². The average molecular weight is 346 g/mol. The van der Waals surface area contributed by atoms with Gasteiger partial charge in [0.25, 0.3) is 0 Å². The van der Waals surface area contributed by atoms with Gasteiger partial charge in [-0.15, -0.1) is 0 Å². The molecule has 2 nitrogen and oxygen atoms in total. The number of hydrogen-bond donors (Lipinski definition) is 1. The molecule has 0 aliphatic heterocycles. The molecule has 1 atom stereocenters. The summed E-state index contributed by atoms with van der Waals surface area (Å²) in [4.78, 5) is 12.6. The Bertz CT molecular complexity index is 875. The Kier molecular flexibility index (Phi) is 4.72. The van der Waals surface area contributed by atoms with Crippen LogP contribution < -0.4 is 0 Å². The summed E-state index contributed by atoms with van der Waals surface area (Å²) < 4.78 is 0. The van der Waals surface area contributed by atoms with E-state index in [-0.39, 0.29) is 5.78 Å². The van der Waals surface area contributed by atoms with Crippen LogP contribution in [0.3, 0.4) is 0 Å². The minimum Gasteiger partial charge on any atom is -0.387 e. The van der Waals surface area contributed by atoms with Crippen molar-refractivity contribution in [3.63, 3.8) is 0 Å². The number of carbonyl (C=O) groups is 1. The van der Waals surface area contributed by atoms with Gasteiger partial charge in [0.15, 0.2) is 5.78 Å². The number of allylic oxidation sites excluding steroid dienone is 2. The molecule has 0 saturated carbocycles. The maximum Gasteiger partial charge on any atom is 0.193 e. The highest BCUT2D eigenvalue weighted by Gasteiger charge is 2.42. The van der Waals surface area contributed by atoms with Crippen LogP contribution in [0.2, 0.25) is 0 Å². The van der Waals surface area contributed by atoms with E-state index in [0.717, 1.165) is 5.56 Å². The zero-order valence-electron chi connectivity index (χ0n) is 16.1. The SMILES string of the molecule is CC1=C(C)C(C)(C(O)c2ccc(C(=O)c3ccccc3)cc2)C(C)=C1C. The summed E-state index contributed by atoms with van der Waals surface area (Å²) in [6, 6.07) is 16.6. The Morgan fingerprint density at radius 3 is 1.77 bits per heavy atom. The Labute approximate surface area is 155 Å². The van der Waals surface area contributed by atoms with Crippen molar-refractivity contribution >= 4 is 5.78 Å². The molecule has 1 N–H and O–H groups in total. The summed E-state index contributed by atoms with van der Waals surface area (Å²) in [5.41, 5.74) is 6.69. The van der Waals surface area contributed by atoms with Crippen LogP contribution in [0.5, 0.6) is 0 Å². The maximum atomic E-state index is 12.6. The highest BCUT2D eigenvalue weighted by atomic mass is 16.3. The summed E-state index contributed by atoms with van der Waals surface area (Å²) in [6.07, 6.45) is -0.643. The Morgan fingerprint density at radius 1 is 0.808 bits per heavy atom. The van der Waals surface area contributed by atoms with Gasteiger partial charge in [-0.05, 0) is 51.3 Å². The predicted octanol–water partition coefficient (Wildman–Crippen LogP) is 5.64. The van der Waals surface area contributed by atoms with Crippen molar-refractivity contribution in [3.8, 4) is 0 Å². The zero-order chi connectivity index (χ0) is 19.1. The minimum absolute atomic E-state index is 0.00226. The third kappa shape index (κ3) is 2.75. The third-order valence-electron chi connectivity index (χ3n) is 6.32. The lowest BCUT2D eigenvalue weighted by Crippen LogP contribution is -2.27. The van der Waals surface area contributed by atoms with Crippen molar-refractivity contribution in [1.29, 1.82) is 0 Å². The van der Waals surface area contributed by atoms with Crippen LogP contribution in [-0.2, 0) is 0 Å². The van der Waals surface area contributed by atoms with E-state index < -0.39 is 11.5 Å². The fourth-order valence-corrected chi connectivity index (χ4v) is 3.94. The van der Waals surface area contributed by atoms with E-state index in [0.29, 0.717) is 11.1 Å². The molecule has 0 radical (unpaired) electrons. The van der Waals surface area contributed by atoms with Crippen LogP contribution in [0.15, 0.2) is 76.9 Å². The third-order valence-corrected chi connectivity index (χ3v) is 6.32. The number of aliphatic hydroxyl groups is 1. The molecule has 26 heavy (non-hydrogen) atoms. The minimum atomic E-state index is -0.643. The molecule has 1 unspecified atom stereocenters. The molecular weight excluding hydrogens is 320 g/mol. The Balaban J connectivity index is 1.91. The van der Waals surface area contributed by atoms with Crippen molar-refractivity contribution in [2.45, 2.75) is 40.7 Å². The largest absolute Gasteiger partial charge is 0.387 e. The van der Waals surface area contributed by atoms with Gasteiger partial charge in [-0.1, -0.05) is 65.7 Å². The first-order chi connectivity index (χ1) is 12.3. The summed E-state index contributed by atoms with van der Waals surface area (Å²) in [7, 11) is 0. The summed E-state index contributed by atoms with van der Waals surface area (Å²) in [5, 5.41) is 11.1. The number of aliphatic hydroxyl groups excluding tert-OH is 1. The van der Waals surface area contributed by atoms with Crippen molar-refractivity contribution in [2.75, 3.05) is 0 Å². The lowest BCUT2D eigenvalue weighted by molar-refractivity contribution is 0.0866. The van der Waals surface area contributed by atoms with E-state index in [1.54, 1.807) is 0 Å². The highest BCUT2D eigenvalue weighted by Crippen LogP contribution is 2.53. The first-order valence-corrected chi connectivity index (χ1v) is 9.02. The van der Waals surface area contributed by atoms with Crippen LogP contribution in [0, 0.1) is 5.41 Å². The monoisotopic (exact) mass is 346 g/mol. The molecule has 0 heterocycles. The van der Waals surface area contributed by atoms with Gasteiger partial charge >= 0.3 is 0 Å². The van der Waals surface area contributed by atoms with Crippen LogP contribution in [0.1, 0.15) is 62.2 Å². The topological polar surface area (TPSA) is 37.3 Å². The first kappa shape index (κ1) is 18.3. The quantitative estimate of drug-likeness (QED) is 0.727. The predicted molar refractivity (Wildman–Crippen MR) is 106 cm³/mol. The van der Waals surface area contributed by atoms with Gasteiger partial charge in [-0.25, -0.2) is 0 Å². The highest BCUT2D eigenvalue weighted by molar-refractivity contribution is 6.08. The van der Waals surface area contributed by atoms with E-state index >= 15 is 0 Å². The number of rotatable bonds is 4. The standard InChI is InChI=1S/C24H26O2/c1-15-16(2)18(4)24(5,17(15)3)23(26)21-13-11-20(12-14-21)22(25)19-9-7-6-8-10-19/h6-14,23,26H,1-5H3. The van der Waals surface area contributed by atoms with Crippen LogP contribution >= 0.6 is 0 Å². The molecule has 0 aromatic heterocycles. The van der Waals surface area contributed by atoms with E-state index in [4.69, 9.17) is 0 Å². The fourth-order valence-electron chi connectivity index (χ4n) is 3.94. The second-order valence-corrected chi connectivity index (χ2v) is 7.42. The summed E-state index contributed by atoms with van der Waals surface area (Å²) >= 11 is 0. The summed E-state index contributed by atoms with van der Waals surface area (Å²) in [6.45, 7) is 10.5. The molecule has 0 saturated heterocycles. The normalized spacial score (nSPS) is 17.6. The molecule has 2 heteroatoms. The Hall–Kier alpha value is -2.45. The van der Waals surface area contributed by atoms with Gasteiger partial charge in [0, 0.05) is 16.5 Å². The van der Waals surface area contributed by atoms with Gasteiger partial charge in [0.2, 0.25) is 0 Å². The average Bonchev–Trinajstić information content (AvgIpc) is 2.83. The second kappa shape index (κ2) is 6.69. The summed E-state index contributed by atoms with van der Waals surface area (Å²) in [5.74, 6) is -0.00226. The van der Waals surface area contributed by atoms with Gasteiger partial charge in [0.05, 0.1) is 6.10 Å². The molecule has 0 fully saturated rings. The molecule has 0 spiro atoms. The second-order valence-electron chi connectivity index (χ2n) is 7.42. The van der Waals surface area contributed by atoms with E-state index in [1.807, 2.05) is 54.6 Å². The first-order valence-electron chi connectivity index (χ1n) is 9.02. The van der Waals surface area contributed by atoms with Crippen LogP contribution in [-0.4, -0.2) is 10.9 Å². The van der Waals surface area contributed by atoms with Crippen molar-refractivity contribution < 1.29 is 9.90 Å². The molecule has 1 aliphatic rings. The maximum absolute atomic E-state index is 12.6. The number of ketones is 1. The number of carbonyl (C=O) groups excluding carboxylic acids is 1. The molecule has 3 rings (SSSR count). The molecule has 134 valence electrons. The molecular formula is C24H26O2. The molecule has 0 bridgehead atoms. The van der Waals surface area contributed by atoms with Gasteiger partial charge in [-0.3, -0.25) is 4.79 Å². The van der Waals surface area contributed by atoms with Gasteiger partial charge in [-0.2, -0.15) is 0 Å². The van der Waals surface area contributed by atoms with Crippen molar-refractivity contribution in [1.82, 2.24) is 0 Å². The zero-order valence-corrected chi connectivity index (χ0v) is 16.1. The number of hydrogen-bond acceptors (Lipinski definition) is 2. The lowest BCUT2D eigenvalue weighted by Gasteiger charge is -2.35. The lowest BCUT2D eigenvalue weighted by atomic mass is 9.72. The van der Waals surface area contributed by atoms with Crippen molar-refractivity contribution in [2.24, 2.45) is 5.41 Å². The van der Waals surface area contributed by atoms with Gasteiger partial charge < -0.3 is 5.11 Å². The van der Waals surface area contributed by atoms with E-state index in [9.17, 15) is 9.90 Å². The number of benzene rings is 2. The Morgan fingerprint density at radius 2 is 1.27 bits per heavy atom. The smallest absolute Gasteiger partial charge is 0.193 e. The molecule has 2 aromatic rings.